The van der Waals surface area contributed by atoms with E-state index >= 15 is 0 Å². The summed E-state index contributed by atoms with van der Waals surface area (Å²) in [5, 5.41) is 2.82. The molecule has 188 valence electrons. The summed E-state index contributed by atoms with van der Waals surface area (Å²) >= 11 is 0. The summed E-state index contributed by atoms with van der Waals surface area (Å²) in [5.74, 6) is 0.260. The van der Waals surface area contributed by atoms with Crippen molar-refractivity contribution in [3.05, 3.63) is 92.9 Å². The lowest BCUT2D eigenvalue weighted by atomic mass is 9.99. The minimum atomic E-state index is -0.562. The molecule has 1 unspecified atom stereocenters. The van der Waals surface area contributed by atoms with Crippen molar-refractivity contribution in [3.63, 3.8) is 0 Å². The van der Waals surface area contributed by atoms with Crippen LogP contribution in [-0.2, 0) is 24.4 Å². The largest absolute Gasteiger partial charge is 0.333 e. The number of hydrogen-bond donors (Lipinski definition) is 1. The van der Waals surface area contributed by atoms with Gasteiger partial charge in [0.1, 0.15) is 6.54 Å². The number of benzene rings is 2. The van der Waals surface area contributed by atoms with E-state index in [0.717, 1.165) is 16.6 Å². The van der Waals surface area contributed by atoms with E-state index in [1.54, 1.807) is 10.9 Å². The molecule has 0 spiro atoms. The van der Waals surface area contributed by atoms with Crippen LogP contribution in [0.25, 0.3) is 11.2 Å². The van der Waals surface area contributed by atoms with Gasteiger partial charge >= 0.3 is 5.69 Å². The Labute approximate surface area is 210 Å². The molecule has 0 saturated carbocycles. The highest BCUT2D eigenvalue weighted by atomic mass is 16.2. The van der Waals surface area contributed by atoms with Crippen LogP contribution >= 0.6 is 0 Å². The van der Waals surface area contributed by atoms with E-state index in [0.29, 0.717) is 29.3 Å². The molecule has 1 N–H and O–H groups in total. The third-order valence-corrected chi connectivity index (χ3v) is 6.41. The molecule has 0 aliphatic carbocycles. The Morgan fingerprint density at radius 3 is 2.31 bits per heavy atom. The summed E-state index contributed by atoms with van der Waals surface area (Å²) in [6.07, 6.45) is 2.62. The van der Waals surface area contributed by atoms with Crippen molar-refractivity contribution >= 4 is 22.8 Å². The van der Waals surface area contributed by atoms with Gasteiger partial charge in [0.2, 0.25) is 5.91 Å². The van der Waals surface area contributed by atoms with Crippen LogP contribution in [0.15, 0.2) is 70.5 Å². The van der Waals surface area contributed by atoms with E-state index in [9.17, 15) is 14.4 Å². The van der Waals surface area contributed by atoms with Crippen molar-refractivity contribution in [2.24, 2.45) is 5.92 Å². The number of aromatic nitrogens is 4. The maximum absolute atomic E-state index is 13.5. The van der Waals surface area contributed by atoms with Crippen molar-refractivity contribution in [2.45, 2.75) is 59.7 Å². The Morgan fingerprint density at radius 2 is 1.67 bits per heavy atom. The van der Waals surface area contributed by atoms with Crippen molar-refractivity contribution in [2.75, 3.05) is 5.32 Å². The summed E-state index contributed by atoms with van der Waals surface area (Å²) in [4.78, 5) is 44.3. The smallest absolute Gasteiger partial charge is 0.325 e. The van der Waals surface area contributed by atoms with Crippen LogP contribution in [0.5, 0.6) is 0 Å². The molecule has 0 aliphatic heterocycles. The van der Waals surface area contributed by atoms with Gasteiger partial charge in [-0.15, -0.1) is 0 Å². The molecular weight excluding hydrogens is 454 g/mol. The highest BCUT2D eigenvalue weighted by Gasteiger charge is 2.20. The van der Waals surface area contributed by atoms with Gasteiger partial charge in [0.05, 0.1) is 12.9 Å². The molecule has 0 aliphatic rings. The fraction of sp³-hybridized carbons (Fsp3) is 0.357. The maximum atomic E-state index is 13.5. The van der Waals surface area contributed by atoms with E-state index in [-0.39, 0.29) is 19.0 Å². The number of hydrogen-bond acceptors (Lipinski definition) is 4. The van der Waals surface area contributed by atoms with Gasteiger partial charge in [0.15, 0.2) is 11.2 Å². The summed E-state index contributed by atoms with van der Waals surface area (Å²) in [6.45, 7) is 8.81. The van der Waals surface area contributed by atoms with Gasteiger partial charge in [-0.3, -0.25) is 14.2 Å². The highest BCUT2D eigenvalue weighted by Crippen LogP contribution is 2.20. The quantitative estimate of drug-likeness (QED) is 0.383. The van der Waals surface area contributed by atoms with E-state index in [1.165, 1.54) is 10.1 Å². The van der Waals surface area contributed by atoms with Gasteiger partial charge in [-0.2, -0.15) is 0 Å². The van der Waals surface area contributed by atoms with Gasteiger partial charge < -0.3 is 9.88 Å². The number of carbonyl (C=O) groups excluding carboxylic acids is 1. The number of nitrogens with one attached hydrogen (secondary N) is 1. The lowest BCUT2D eigenvalue weighted by Crippen LogP contribution is -2.43. The average molecular weight is 488 g/mol. The van der Waals surface area contributed by atoms with Crippen LogP contribution in [0.3, 0.4) is 0 Å². The number of carbonyl (C=O) groups is 1. The monoisotopic (exact) mass is 487 g/mol. The molecule has 0 radical (unpaired) electrons. The second-order valence-electron chi connectivity index (χ2n) is 9.69. The molecule has 8 heteroatoms. The minimum Gasteiger partial charge on any atom is -0.325 e. The maximum Gasteiger partial charge on any atom is 0.333 e. The Bertz CT molecular complexity index is 1460. The lowest BCUT2D eigenvalue weighted by Gasteiger charge is -2.14. The molecule has 2 heterocycles. The SMILES string of the molecule is CCC(C)c1ccc(NC(=O)Cn2c(=O)c3c(ncn3CC(C)C)n(Cc3ccccc3)c2=O)cc1. The zero-order valence-corrected chi connectivity index (χ0v) is 21.3. The summed E-state index contributed by atoms with van der Waals surface area (Å²) in [6, 6.07) is 17.2. The standard InChI is InChI=1S/C28H33N5O3/c1-5-20(4)22-11-13-23(14-12-22)30-24(34)17-33-27(35)25-26(29-18-31(25)15-19(2)3)32(28(33)36)16-21-9-7-6-8-10-21/h6-14,18-20H,5,15-17H2,1-4H3,(H,30,34). The topological polar surface area (TPSA) is 90.9 Å². The third-order valence-electron chi connectivity index (χ3n) is 6.41. The zero-order chi connectivity index (χ0) is 25.8. The van der Waals surface area contributed by atoms with Gasteiger partial charge in [0, 0.05) is 12.2 Å². The van der Waals surface area contributed by atoms with Crippen molar-refractivity contribution in [3.8, 4) is 0 Å². The molecule has 4 aromatic rings. The predicted molar refractivity (Wildman–Crippen MR) is 142 cm³/mol. The Balaban J connectivity index is 1.71. The molecule has 8 nitrogen and oxygen atoms in total. The fourth-order valence-corrected chi connectivity index (χ4v) is 4.29. The zero-order valence-electron chi connectivity index (χ0n) is 21.3. The molecular formula is C28H33N5O3. The first-order valence-electron chi connectivity index (χ1n) is 12.4. The van der Waals surface area contributed by atoms with Crippen LogP contribution in [-0.4, -0.2) is 24.6 Å². The first-order chi connectivity index (χ1) is 17.3. The molecule has 2 aromatic carbocycles. The molecule has 1 atom stereocenters. The molecule has 0 fully saturated rings. The lowest BCUT2D eigenvalue weighted by molar-refractivity contribution is -0.116. The minimum absolute atomic E-state index is 0.244. The summed E-state index contributed by atoms with van der Waals surface area (Å²) in [7, 11) is 0. The summed E-state index contributed by atoms with van der Waals surface area (Å²) in [5.41, 5.74) is 2.29. The molecule has 0 saturated heterocycles. The van der Waals surface area contributed by atoms with Gasteiger partial charge in [0.25, 0.3) is 5.56 Å². The van der Waals surface area contributed by atoms with Crippen LogP contribution in [0.1, 0.15) is 51.2 Å². The Hall–Kier alpha value is -3.94. The van der Waals surface area contributed by atoms with E-state index in [4.69, 9.17) is 0 Å². The van der Waals surface area contributed by atoms with Crippen molar-refractivity contribution in [1.82, 2.24) is 18.7 Å². The second kappa shape index (κ2) is 10.8. The number of fused-ring (bicyclic) bond motifs is 1. The number of nitrogens with zero attached hydrogens (tertiary/aromatic N) is 4. The summed E-state index contributed by atoms with van der Waals surface area (Å²) < 4.78 is 4.25. The van der Waals surface area contributed by atoms with E-state index < -0.39 is 17.2 Å². The van der Waals surface area contributed by atoms with Gasteiger partial charge in [-0.05, 0) is 41.5 Å². The fourth-order valence-electron chi connectivity index (χ4n) is 4.29. The molecule has 1 amide bonds. The predicted octanol–water partition coefficient (Wildman–Crippen LogP) is 4.22. The molecule has 2 aromatic heterocycles. The van der Waals surface area contributed by atoms with E-state index in [2.05, 4.69) is 24.1 Å². The number of anilines is 1. The van der Waals surface area contributed by atoms with Crippen molar-refractivity contribution in [1.29, 1.82) is 0 Å². The molecule has 0 bridgehead atoms. The third kappa shape index (κ3) is 5.32. The number of imidazole rings is 1. The Kier molecular flexibility index (Phi) is 7.52. The normalized spacial score (nSPS) is 12.2. The Morgan fingerprint density at radius 1 is 0.972 bits per heavy atom. The second-order valence-corrected chi connectivity index (χ2v) is 9.69. The van der Waals surface area contributed by atoms with Gasteiger partial charge in [-0.1, -0.05) is 70.2 Å². The van der Waals surface area contributed by atoms with Crippen LogP contribution in [0.2, 0.25) is 0 Å². The molecule has 4 rings (SSSR count). The first kappa shape index (κ1) is 25.2. The van der Waals surface area contributed by atoms with Crippen molar-refractivity contribution < 1.29 is 4.79 Å². The molecule has 36 heavy (non-hydrogen) atoms. The van der Waals surface area contributed by atoms with Crippen LogP contribution < -0.4 is 16.6 Å². The number of rotatable bonds is 9. The number of amides is 1. The van der Waals surface area contributed by atoms with Crippen LogP contribution in [0, 0.1) is 5.92 Å². The highest BCUT2D eigenvalue weighted by molar-refractivity contribution is 5.90. The van der Waals surface area contributed by atoms with Crippen LogP contribution in [0.4, 0.5) is 5.69 Å². The van der Waals surface area contributed by atoms with E-state index in [1.807, 2.05) is 68.4 Å². The first-order valence-corrected chi connectivity index (χ1v) is 12.4. The average Bonchev–Trinajstić information content (AvgIpc) is 3.28. The van der Waals surface area contributed by atoms with Gasteiger partial charge in [-0.25, -0.2) is 14.3 Å².